The maximum atomic E-state index is 11.7. The highest BCUT2D eigenvalue weighted by molar-refractivity contribution is 5.83. The van der Waals surface area contributed by atoms with Crippen LogP contribution in [0, 0.1) is 13.8 Å². The molecular formula is C14H21NO2. The van der Waals surface area contributed by atoms with E-state index in [4.69, 9.17) is 4.74 Å². The molecule has 0 fully saturated rings. The van der Waals surface area contributed by atoms with Crippen LogP contribution in [0.4, 0.5) is 0 Å². The first kappa shape index (κ1) is 13.7. The van der Waals surface area contributed by atoms with Gasteiger partial charge in [0.2, 0.25) is 0 Å². The molecule has 17 heavy (non-hydrogen) atoms. The number of ether oxygens (including phenoxy) is 1. The molecule has 0 aromatic heterocycles. The normalized spacial score (nSPS) is 12.6. The molecule has 0 heterocycles. The van der Waals surface area contributed by atoms with E-state index in [2.05, 4.69) is 0 Å². The predicted octanol–water partition coefficient (Wildman–Crippen LogP) is 2.50. The van der Waals surface area contributed by atoms with Gasteiger partial charge in [-0.2, -0.15) is 0 Å². The summed E-state index contributed by atoms with van der Waals surface area (Å²) >= 11 is 0. The van der Waals surface area contributed by atoms with Crippen molar-refractivity contribution in [1.82, 2.24) is 4.90 Å². The average Bonchev–Trinajstić information content (AvgIpc) is 2.15. The second-order valence-corrected chi connectivity index (χ2v) is 4.66. The lowest BCUT2D eigenvalue weighted by Crippen LogP contribution is -2.26. The van der Waals surface area contributed by atoms with Crippen molar-refractivity contribution >= 4 is 5.78 Å². The van der Waals surface area contributed by atoms with Gasteiger partial charge in [-0.1, -0.05) is 12.1 Å². The molecule has 0 radical (unpaired) electrons. The highest BCUT2D eigenvalue weighted by atomic mass is 16.5. The Bertz CT molecular complexity index is 401. The van der Waals surface area contributed by atoms with Crippen molar-refractivity contribution in [2.24, 2.45) is 0 Å². The van der Waals surface area contributed by atoms with Crippen LogP contribution in [0.5, 0.6) is 5.75 Å². The minimum atomic E-state index is -0.182. The van der Waals surface area contributed by atoms with Crippen molar-refractivity contribution in [3.8, 4) is 5.75 Å². The fourth-order valence-corrected chi connectivity index (χ4v) is 2.36. The van der Waals surface area contributed by atoms with Gasteiger partial charge in [-0.25, -0.2) is 0 Å². The zero-order chi connectivity index (χ0) is 13.2. The zero-order valence-electron chi connectivity index (χ0n) is 11.5. The van der Waals surface area contributed by atoms with Crippen molar-refractivity contribution in [2.75, 3.05) is 21.2 Å². The van der Waals surface area contributed by atoms with Gasteiger partial charge in [-0.3, -0.25) is 9.69 Å². The second-order valence-electron chi connectivity index (χ2n) is 4.66. The lowest BCUT2D eigenvalue weighted by molar-refractivity contribution is -0.121. The molecule has 0 aliphatic rings. The van der Waals surface area contributed by atoms with Crippen molar-refractivity contribution in [3.63, 3.8) is 0 Å². The second kappa shape index (κ2) is 5.32. The van der Waals surface area contributed by atoms with Crippen LogP contribution >= 0.6 is 0 Å². The van der Waals surface area contributed by atoms with E-state index in [1.54, 1.807) is 14.0 Å². The van der Waals surface area contributed by atoms with E-state index in [1.807, 2.05) is 45.0 Å². The molecule has 3 nitrogen and oxygen atoms in total. The summed E-state index contributed by atoms with van der Waals surface area (Å²) in [5.74, 6) is 1.05. The number of benzene rings is 1. The fraction of sp³-hybridized carbons (Fsp3) is 0.500. The number of Topliss-reactive ketones (excluding diaryl/α,β-unsaturated/α-hetero) is 1. The molecule has 1 atom stereocenters. The van der Waals surface area contributed by atoms with Crippen molar-refractivity contribution in [2.45, 2.75) is 26.8 Å². The van der Waals surface area contributed by atoms with Crippen LogP contribution in [0.1, 0.15) is 29.7 Å². The molecule has 0 saturated carbocycles. The molecule has 0 bridgehead atoms. The number of hydrogen-bond donors (Lipinski definition) is 0. The Morgan fingerprint density at radius 3 is 2.00 bits per heavy atom. The number of likely N-dealkylation sites (N-methyl/N-ethyl adjacent to an activating group) is 1. The fourth-order valence-electron chi connectivity index (χ4n) is 2.36. The first-order chi connectivity index (χ1) is 7.88. The first-order valence-electron chi connectivity index (χ1n) is 5.70. The number of carbonyl (C=O) groups excluding carboxylic acids is 1. The SMILES string of the molecule is COc1c(C)cc(C(C(C)=O)N(C)C)cc1C. The molecule has 0 N–H and O–H groups in total. The van der Waals surface area contributed by atoms with E-state index in [0.29, 0.717) is 0 Å². The minimum Gasteiger partial charge on any atom is -0.496 e. The van der Waals surface area contributed by atoms with Crippen LogP contribution in [-0.4, -0.2) is 31.9 Å². The Morgan fingerprint density at radius 1 is 1.24 bits per heavy atom. The molecule has 0 spiro atoms. The number of carbonyl (C=O) groups is 1. The van der Waals surface area contributed by atoms with E-state index < -0.39 is 0 Å². The largest absolute Gasteiger partial charge is 0.496 e. The van der Waals surface area contributed by atoms with Crippen LogP contribution in [0.3, 0.4) is 0 Å². The molecule has 0 aliphatic carbocycles. The van der Waals surface area contributed by atoms with Gasteiger partial charge in [-0.05, 0) is 51.6 Å². The third kappa shape index (κ3) is 2.86. The van der Waals surface area contributed by atoms with Gasteiger partial charge in [0.15, 0.2) is 5.78 Å². The molecule has 1 aromatic carbocycles. The van der Waals surface area contributed by atoms with Crippen LogP contribution in [0.25, 0.3) is 0 Å². The highest BCUT2D eigenvalue weighted by Gasteiger charge is 2.20. The Labute approximate surface area is 103 Å². The molecule has 0 amide bonds. The van der Waals surface area contributed by atoms with Crippen molar-refractivity contribution < 1.29 is 9.53 Å². The average molecular weight is 235 g/mol. The molecule has 1 aromatic rings. The molecule has 3 heteroatoms. The van der Waals surface area contributed by atoms with E-state index in [0.717, 1.165) is 22.4 Å². The lowest BCUT2D eigenvalue weighted by Gasteiger charge is -2.23. The Morgan fingerprint density at radius 2 is 1.71 bits per heavy atom. The predicted molar refractivity (Wildman–Crippen MR) is 69.6 cm³/mol. The number of aryl methyl sites for hydroxylation is 2. The highest BCUT2D eigenvalue weighted by Crippen LogP contribution is 2.29. The Balaban J connectivity index is 3.27. The maximum absolute atomic E-state index is 11.7. The van der Waals surface area contributed by atoms with Gasteiger partial charge in [0, 0.05) is 0 Å². The van der Waals surface area contributed by atoms with Gasteiger partial charge in [-0.15, -0.1) is 0 Å². The Hall–Kier alpha value is -1.35. The molecule has 1 unspecified atom stereocenters. The van der Waals surface area contributed by atoms with Crippen molar-refractivity contribution in [3.05, 3.63) is 28.8 Å². The standard InChI is InChI=1S/C14H21NO2/c1-9-7-12(8-10(2)14(9)17-6)13(11(3)16)15(4)5/h7-8,13H,1-6H3. The summed E-state index contributed by atoms with van der Waals surface area (Å²) in [5.41, 5.74) is 3.16. The molecule has 94 valence electrons. The number of rotatable bonds is 4. The van der Waals surface area contributed by atoms with Gasteiger partial charge in [0.25, 0.3) is 0 Å². The number of hydrogen-bond acceptors (Lipinski definition) is 3. The summed E-state index contributed by atoms with van der Waals surface area (Å²) in [6.07, 6.45) is 0. The van der Waals surface area contributed by atoms with Gasteiger partial charge in [0.05, 0.1) is 13.2 Å². The van der Waals surface area contributed by atoms with Gasteiger partial charge >= 0.3 is 0 Å². The Kier molecular flexibility index (Phi) is 4.29. The smallest absolute Gasteiger partial charge is 0.151 e. The molecule has 0 aliphatic heterocycles. The topological polar surface area (TPSA) is 29.5 Å². The molecular weight excluding hydrogens is 214 g/mol. The summed E-state index contributed by atoms with van der Waals surface area (Å²) in [6.45, 7) is 5.63. The summed E-state index contributed by atoms with van der Waals surface area (Å²) in [6, 6.07) is 3.87. The van der Waals surface area contributed by atoms with E-state index in [1.165, 1.54) is 0 Å². The molecule has 0 saturated heterocycles. The zero-order valence-corrected chi connectivity index (χ0v) is 11.5. The van der Waals surface area contributed by atoms with Crippen LogP contribution in [-0.2, 0) is 4.79 Å². The number of ketones is 1. The first-order valence-corrected chi connectivity index (χ1v) is 5.70. The van der Waals surface area contributed by atoms with Crippen LogP contribution in [0.15, 0.2) is 12.1 Å². The van der Waals surface area contributed by atoms with Gasteiger partial charge in [0.1, 0.15) is 5.75 Å². The summed E-state index contributed by atoms with van der Waals surface area (Å²) in [5, 5.41) is 0. The van der Waals surface area contributed by atoms with Crippen LogP contribution in [0.2, 0.25) is 0 Å². The van der Waals surface area contributed by atoms with Crippen molar-refractivity contribution in [1.29, 1.82) is 0 Å². The lowest BCUT2D eigenvalue weighted by atomic mass is 9.97. The minimum absolute atomic E-state index is 0.152. The van der Waals surface area contributed by atoms with Crippen LogP contribution < -0.4 is 4.74 Å². The van der Waals surface area contributed by atoms with E-state index >= 15 is 0 Å². The monoisotopic (exact) mass is 235 g/mol. The summed E-state index contributed by atoms with van der Waals surface area (Å²) in [7, 11) is 5.51. The quantitative estimate of drug-likeness (QED) is 0.803. The van der Waals surface area contributed by atoms with E-state index in [9.17, 15) is 4.79 Å². The third-order valence-electron chi connectivity index (χ3n) is 2.90. The maximum Gasteiger partial charge on any atom is 0.151 e. The van der Waals surface area contributed by atoms with E-state index in [-0.39, 0.29) is 11.8 Å². The number of methoxy groups -OCH3 is 1. The summed E-state index contributed by atoms with van der Waals surface area (Å²) in [4.78, 5) is 13.6. The third-order valence-corrected chi connectivity index (χ3v) is 2.90. The molecule has 1 rings (SSSR count). The number of nitrogens with zero attached hydrogens (tertiary/aromatic N) is 1. The van der Waals surface area contributed by atoms with Gasteiger partial charge < -0.3 is 4.74 Å². The summed E-state index contributed by atoms with van der Waals surface area (Å²) < 4.78 is 5.33.